The number of oxazole rings is 1. The number of aryl methyl sites for hydroxylation is 1. The second-order valence-electron chi connectivity index (χ2n) is 7.70. The molecule has 0 radical (unpaired) electrons. The van der Waals surface area contributed by atoms with Gasteiger partial charge in [-0.3, -0.25) is 4.79 Å². The fraction of sp³-hybridized carbons (Fsp3) is 0.304. The van der Waals surface area contributed by atoms with Crippen molar-refractivity contribution in [2.24, 2.45) is 0 Å². The zero-order valence-corrected chi connectivity index (χ0v) is 16.8. The molecule has 1 amide bonds. The Morgan fingerprint density at radius 3 is 2.57 bits per heavy atom. The van der Waals surface area contributed by atoms with Crippen LogP contribution in [0, 0.1) is 0 Å². The minimum Gasteiger partial charge on any atom is -0.495 e. The van der Waals surface area contributed by atoms with Gasteiger partial charge >= 0.3 is 0 Å². The third-order valence-electron chi connectivity index (χ3n) is 4.52. The highest BCUT2D eigenvalue weighted by Crippen LogP contribution is 2.31. The average molecular weight is 378 g/mol. The summed E-state index contributed by atoms with van der Waals surface area (Å²) in [5.74, 6) is 1.78. The molecule has 0 unspecified atom stereocenters. The molecule has 5 nitrogen and oxygen atoms in total. The lowest BCUT2D eigenvalue weighted by Gasteiger charge is -2.21. The number of ether oxygens (including phenoxy) is 1. The van der Waals surface area contributed by atoms with Crippen LogP contribution in [0.3, 0.4) is 0 Å². The van der Waals surface area contributed by atoms with Crippen LogP contribution in [0.2, 0.25) is 0 Å². The zero-order chi connectivity index (χ0) is 20.1. The largest absolute Gasteiger partial charge is 0.495 e. The Morgan fingerprint density at radius 2 is 1.89 bits per heavy atom. The first-order valence-electron chi connectivity index (χ1n) is 9.35. The van der Waals surface area contributed by atoms with Crippen molar-refractivity contribution in [1.29, 1.82) is 0 Å². The maximum atomic E-state index is 12.5. The molecule has 0 saturated carbocycles. The Bertz CT molecular complexity index is 940. The number of nitrogens with one attached hydrogen (secondary N) is 1. The van der Waals surface area contributed by atoms with Crippen molar-refractivity contribution in [1.82, 2.24) is 4.98 Å². The first-order chi connectivity index (χ1) is 13.4. The van der Waals surface area contributed by atoms with Gasteiger partial charge in [0, 0.05) is 18.4 Å². The highest BCUT2D eigenvalue weighted by molar-refractivity contribution is 5.92. The minimum atomic E-state index is -0.108. The van der Waals surface area contributed by atoms with E-state index in [4.69, 9.17) is 9.15 Å². The number of amides is 1. The van der Waals surface area contributed by atoms with E-state index in [1.165, 1.54) is 0 Å². The van der Waals surface area contributed by atoms with E-state index in [2.05, 4.69) is 31.1 Å². The van der Waals surface area contributed by atoms with E-state index in [1.807, 2.05) is 48.5 Å². The van der Waals surface area contributed by atoms with E-state index in [-0.39, 0.29) is 17.7 Å². The molecule has 0 aliphatic rings. The predicted molar refractivity (Wildman–Crippen MR) is 111 cm³/mol. The summed E-state index contributed by atoms with van der Waals surface area (Å²) >= 11 is 0. The molecule has 1 aromatic heterocycles. The molecule has 2 aromatic carbocycles. The van der Waals surface area contributed by atoms with Gasteiger partial charge in [0.1, 0.15) is 5.75 Å². The predicted octanol–water partition coefficient (Wildman–Crippen LogP) is 5.22. The van der Waals surface area contributed by atoms with Crippen LogP contribution in [-0.4, -0.2) is 18.0 Å². The summed E-state index contributed by atoms with van der Waals surface area (Å²) in [7, 11) is 1.60. The fourth-order valence-corrected chi connectivity index (χ4v) is 2.87. The Hall–Kier alpha value is -3.08. The normalized spacial score (nSPS) is 11.3. The number of hydrogen-bond acceptors (Lipinski definition) is 4. The highest BCUT2D eigenvalue weighted by Gasteiger charge is 2.17. The lowest BCUT2D eigenvalue weighted by molar-refractivity contribution is -0.116. The molecule has 1 heterocycles. The SMILES string of the molecule is COc1ccc(C(C)(C)C)cc1NC(=O)CCc1ncc(-c2ccccc2)o1. The molecule has 3 aromatic rings. The van der Waals surface area contributed by atoms with Gasteiger partial charge < -0.3 is 14.5 Å². The average Bonchev–Trinajstić information content (AvgIpc) is 3.15. The molecule has 0 atom stereocenters. The molecule has 28 heavy (non-hydrogen) atoms. The fourth-order valence-electron chi connectivity index (χ4n) is 2.87. The quantitative estimate of drug-likeness (QED) is 0.639. The number of nitrogens with zero attached hydrogens (tertiary/aromatic N) is 1. The number of carbonyl (C=O) groups excluding carboxylic acids is 1. The van der Waals surface area contributed by atoms with E-state index in [0.717, 1.165) is 11.1 Å². The molecule has 0 aliphatic heterocycles. The molecule has 1 N–H and O–H groups in total. The Labute approximate surface area is 165 Å². The van der Waals surface area contributed by atoms with Crippen molar-refractivity contribution in [2.75, 3.05) is 12.4 Å². The third-order valence-corrected chi connectivity index (χ3v) is 4.52. The number of hydrogen-bond donors (Lipinski definition) is 1. The second kappa shape index (κ2) is 8.30. The number of anilines is 1. The summed E-state index contributed by atoms with van der Waals surface area (Å²) in [4.78, 5) is 16.7. The maximum absolute atomic E-state index is 12.5. The van der Waals surface area contributed by atoms with E-state index in [0.29, 0.717) is 29.5 Å². The van der Waals surface area contributed by atoms with Crippen molar-refractivity contribution < 1.29 is 13.9 Å². The van der Waals surface area contributed by atoms with Gasteiger partial charge in [0.15, 0.2) is 11.7 Å². The number of rotatable bonds is 6. The van der Waals surface area contributed by atoms with Crippen LogP contribution in [0.1, 0.15) is 38.6 Å². The van der Waals surface area contributed by atoms with Gasteiger partial charge in [0.2, 0.25) is 5.91 Å². The zero-order valence-electron chi connectivity index (χ0n) is 16.8. The van der Waals surface area contributed by atoms with Gasteiger partial charge in [-0.15, -0.1) is 0 Å². The van der Waals surface area contributed by atoms with Gasteiger partial charge in [0.05, 0.1) is 19.0 Å². The molecule has 3 rings (SSSR count). The number of aromatic nitrogens is 1. The van der Waals surface area contributed by atoms with Crippen LogP contribution in [0.4, 0.5) is 5.69 Å². The summed E-state index contributed by atoms with van der Waals surface area (Å²) < 4.78 is 11.1. The van der Waals surface area contributed by atoms with E-state index in [9.17, 15) is 4.79 Å². The van der Waals surface area contributed by atoms with E-state index in [1.54, 1.807) is 13.3 Å². The number of benzene rings is 2. The molecule has 146 valence electrons. The van der Waals surface area contributed by atoms with Crippen molar-refractivity contribution in [3.05, 3.63) is 66.2 Å². The summed E-state index contributed by atoms with van der Waals surface area (Å²) in [5.41, 5.74) is 2.76. The molecular weight excluding hydrogens is 352 g/mol. The molecule has 0 spiro atoms. The molecule has 0 saturated heterocycles. The van der Waals surface area contributed by atoms with Crippen molar-refractivity contribution in [3.63, 3.8) is 0 Å². The summed E-state index contributed by atoms with van der Waals surface area (Å²) in [5, 5.41) is 2.95. The highest BCUT2D eigenvalue weighted by atomic mass is 16.5. The third kappa shape index (κ3) is 4.80. The minimum absolute atomic E-state index is 0.0162. The number of carbonyl (C=O) groups is 1. The van der Waals surface area contributed by atoms with Crippen molar-refractivity contribution in [2.45, 2.75) is 39.0 Å². The Balaban J connectivity index is 1.64. The monoisotopic (exact) mass is 378 g/mol. The topological polar surface area (TPSA) is 64.4 Å². The van der Waals surface area contributed by atoms with E-state index >= 15 is 0 Å². The Kier molecular flexibility index (Phi) is 5.83. The molecule has 5 heteroatoms. The maximum Gasteiger partial charge on any atom is 0.224 e. The van der Waals surface area contributed by atoms with Crippen LogP contribution in [0.25, 0.3) is 11.3 Å². The van der Waals surface area contributed by atoms with Gasteiger partial charge in [-0.2, -0.15) is 0 Å². The van der Waals surface area contributed by atoms with Crippen LogP contribution >= 0.6 is 0 Å². The Morgan fingerprint density at radius 1 is 1.14 bits per heavy atom. The van der Waals surface area contributed by atoms with Gasteiger partial charge in [-0.1, -0.05) is 57.2 Å². The van der Waals surface area contributed by atoms with Crippen LogP contribution in [0.15, 0.2) is 59.1 Å². The van der Waals surface area contributed by atoms with Crippen molar-refractivity contribution in [3.8, 4) is 17.1 Å². The molecule has 0 aliphatic carbocycles. The summed E-state index contributed by atoms with van der Waals surface area (Å²) in [6.07, 6.45) is 2.40. The molecule has 0 fully saturated rings. The van der Waals surface area contributed by atoms with Gasteiger partial charge in [-0.25, -0.2) is 4.98 Å². The van der Waals surface area contributed by atoms with Crippen LogP contribution in [0.5, 0.6) is 5.75 Å². The molecular formula is C23H26N2O3. The lowest BCUT2D eigenvalue weighted by atomic mass is 9.87. The second-order valence-corrected chi connectivity index (χ2v) is 7.70. The standard InChI is InChI=1S/C23H26N2O3/c1-23(2,3)17-10-11-19(27-4)18(14-17)25-21(26)12-13-22-24-15-20(28-22)16-8-6-5-7-9-16/h5-11,14-15H,12-13H2,1-4H3,(H,25,26). The van der Waals surface area contributed by atoms with Gasteiger partial charge in [0.25, 0.3) is 0 Å². The number of methoxy groups -OCH3 is 1. The summed E-state index contributed by atoms with van der Waals surface area (Å²) in [6.45, 7) is 6.40. The summed E-state index contributed by atoms with van der Waals surface area (Å²) in [6, 6.07) is 15.7. The lowest BCUT2D eigenvalue weighted by Crippen LogP contribution is -2.16. The van der Waals surface area contributed by atoms with Crippen molar-refractivity contribution >= 4 is 11.6 Å². The van der Waals surface area contributed by atoms with Crippen LogP contribution in [-0.2, 0) is 16.6 Å². The first kappa shape index (κ1) is 19.7. The van der Waals surface area contributed by atoms with Gasteiger partial charge in [-0.05, 0) is 23.1 Å². The first-order valence-corrected chi connectivity index (χ1v) is 9.35. The van der Waals surface area contributed by atoms with E-state index < -0.39 is 0 Å². The molecule has 0 bridgehead atoms. The smallest absolute Gasteiger partial charge is 0.224 e. The van der Waals surface area contributed by atoms with Crippen LogP contribution < -0.4 is 10.1 Å².